The Labute approximate surface area is 179 Å². The van der Waals surface area contributed by atoms with Crippen molar-refractivity contribution in [2.75, 3.05) is 13.7 Å². The van der Waals surface area contributed by atoms with E-state index in [2.05, 4.69) is 15.4 Å². The number of aromatic nitrogens is 3. The molecule has 0 aliphatic carbocycles. The normalized spacial score (nSPS) is 10.7. The zero-order valence-electron chi connectivity index (χ0n) is 16.8. The first-order chi connectivity index (χ1) is 14.6. The number of thiazole rings is 1. The summed E-state index contributed by atoms with van der Waals surface area (Å²) in [6.07, 6.45) is 0.695. The van der Waals surface area contributed by atoms with Crippen molar-refractivity contribution in [3.05, 3.63) is 82.4 Å². The summed E-state index contributed by atoms with van der Waals surface area (Å²) in [5.74, 6) is 0.575. The lowest BCUT2D eigenvalue weighted by Crippen LogP contribution is -2.26. The number of para-hydroxylation sites is 1. The van der Waals surface area contributed by atoms with Gasteiger partial charge in [0, 0.05) is 23.9 Å². The van der Waals surface area contributed by atoms with E-state index in [1.54, 1.807) is 23.1 Å². The van der Waals surface area contributed by atoms with Crippen LogP contribution in [0, 0.1) is 6.92 Å². The van der Waals surface area contributed by atoms with Crippen LogP contribution >= 0.6 is 11.3 Å². The van der Waals surface area contributed by atoms with E-state index in [1.165, 1.54) is 0 Å². The maximum absolute atomic E-state index is 12.7. The zero-order valence-corrected chi connectivity index (χ0v) is 17.6. The predicted octanol–water partition coefficient (Wildman–Crippen LogP) is 4.29. The molecular formula is C23H22N4O2S. The Bertz CT molecular complexity index is 1130. The average molecular weight is 419 g/mol. The quantitative estimate of drug-likeness (QED) is 0.486. The molecule has 2 aromatic heterocycles. The molecule has 0 spiro atoms. The largest absolute Gasteiger partial charge is 0.497 e. The Balaban J connectivity index is 1.58. The number of ether oxygens (including phenoxy) is 1. The SMILES string of the molecule is COc1ccc(-c2cc(C(=O)NCCc3csc(C)n3)nn2-c2ccccc2)cc1. The number of hydrogen-bond acceptors (Lipinski definition) is 5. The second kappa shape index (κ2) is 8.92. The number of hydrogen-bond donors (Lipinski definition) is 1. The minimum atomic E-state index is -0.202. The molecule has 0 saturated heterocycles. The predicted molar refractivity (Wildman–Crippen MR) is 118 cm³/mol. The molecule has 4 rings (SSSR count). The molecule has 0 bridgehead atoms. The molecule has 30 heavy (non-hydrogen) atoms. The fourth-order valence-corrected chi connectivity index (χ4v) is 3.79. The lowest BCUT2D eigenvalue weighted by atomic mass is 10.1. The number of carbonyl (C=O) groups is 1. The van der Waals surface area contributed by atoms with Crippen molar-refractivity contribution < 1.29 is 9.53 Å². The lowest BCUT2D eigenvalue weighted by Gasteiger charge is -2.08. The van der Waals surface area contributed by atoms with Gasteiger partial charge in [-0.25, -0.2) is 9.67 Å². The molecule has 0 saturated carbocycles. The molecule has 0 fully saturated rings. The Morgan fingerprint density at radius 1 is 1.13 bits per heavy atom. The van der Waals surface area contributed by atoms with Gasteiger partial charge in [-0.1, -0.05) is 18.2 Å². The topological polar surface area (TPSA) is 69.0 Å². The van der Waals surface area contributed by atoms with E-state index < -0.39 is 0 Å². The Morgan fingerprint density at radius 2 is 1.90 bits per heavy atom. The summed E-state index contributed by atoms with van der Waals surface area (Å²) in [4.78, 5) is 17.2. The molecule has 0 atom stereocenters. The van der Waals surface area contributed by atoms with E-state index in [9.17, 15) is 4.79 Å². The van der Waals surface area contributed by atoms with Crippen molar-refractivity contribution >= 4 is 17.2 Å². The minimum Gasteiger partial charge on any atom is -0.497 e. The van der Waals surface area contributed by atoms with Crippen LogP contribution in [-0.4, -0.2) is 34.3 Å². The molecule has 0 aliphatic heterocycles. The van der Waals surface area contributed by atoms with Gasteiger partial charge in [-0.05, 0) is 49.4 Å². The third-order valence-corrected chi connectivity index (χ3v) is 5.48. The number of nitrogens with one attached hydrogen (secondary N) is 1. The molecular weight excluding hydrogens is 396 g/mol. The lowest BCUT2D eigenvalue weighted by molar-refractivity contribution is 0.0948. The molecule has 7 heteroatoms. The van der Waals surface area contributed by atoms with E-state index in [0.717, 1.165) is 33.4 Å². The highest BCUT2D eigenvalue weighted by molar-refractivity contribution is 7.09. The molecule has 2 heterocycles. The summed E-state index contributed by atoms with van der Waals surface area (Å²) < 4.78 is 7.05. The summed E-state index contributed by atoms with van der Waals surface area (Å²) in [5, 5.41) is 10.6. The first-order valence-corrected chi connectivity index (χ1v) is 10.5. The fraction of sp³-hybridized carbons (Fsp3) is 0.174. The first kappa shape index (κ1) is 19.8. The van der Waals surface area contributed by atoms with Crippen LogP contribution in [0.4, 0.5) is 0 Å². The standard InChI is InChI=1S/C23H22N4O2S/c1-16-25-18(15-30-16)12-13-24-23(28)21-14-22(17-8-10-20(29-2)11-9-17)27(26-21)19-6-4-3-5-7-19/h3-11,14-15H,12-13H2,1-2H3,(H,24,28). The third-order valence-electron chi connectivity index (χ3n) is 4.66. The Kier molecular flexibility index (Phi) is 5.90. The number of nitrogens with zero attached hydrogens (tertiary/aromatic N) is 3. The molecule has 152 valence electrons. The number of carbonyl (C=O) groups excluding carboxylic acids is 1. The summed E-state index contributed by atoms with van der Waals surface area (Å²) in [7, 11) is 1.64. The number of benzene rings is 2. The molecule has 1 N–H and O–H groups in total. The summed E-state index contributed by atoms with van der Waals surface area (Å²) in [5.41, 5.74) is 4.04. The van der Waals surface area contributed by atoms with E-state index in [-0.39, 0.29) is 5.91 Å². The van der Waals surface area contributed by atoms with E-state index >= 15 is 0 Å². The Hall–Kier alpha value is -3.45. The minimum absolute atomic E-state index is 0.202. The van der Waals surface area contributed by atoms with Gasteiger partial charge in [-0.3, -0.25) is 4.79 Å². The molecule has 1 amide bonds. The van der Waals surface area contributed by atoms with Crippen LogP contribution in [0.3, 0.4) is 0 Å². The molecule has 0 radical (unpaired) electrons. The number of methoxy groups -OCH3 is 1. The van der Waals surface area contributed by atoms with Crippen LogP contribution in [-0.2, 0) is 6.42 Å². The van der Waals surface area contributed by atoms with Gasteiger partial charge in [0.05, 0.1) is 29.2 Å². The maximum atomic E-state index is 12.7. The van der Waals surface area contributed by atoms with Crippen molar-refractivity contribution in [1.82, 2.24) is 20.1 Å². The molecule has 0 aliphatic rings. The molecule has 0 unspecified atom stereocenters. The van der Waals surface area contributed by atoms with Gasteiger partial charge >= 0.3 is 0 Å². The van der Waals surface area contributed by atoms with Gasteiger partial charge in [-0.15, -0.1) is 11.3 Å². The summed E-state index contributed by atoms with van der Waals surface area (Å²) in [6.45, 7) is 2.49. The second-order valence-corrected chi connectivity index (χ2v) is 7.82. The monoisotopic (exact) mass is 418 g/mol. The van der Waals surface area contributed by atoms with Crippen LogP contribution in [0.25, 0.3) is 16.9 Å². The van der Waals surface area contributed by atoms with Crippen LogP contribution < -0.4 is 10.1 Å². The fourth-order valence-electron chi connectivity index (χ4n) is 3.14. The van der Waals surface area contributed by atoms with E-state index in [0.29, 0.717) is 18.7 Å². The van der Waals surface area contributed by atoms with Crippen LogP contribution in [0.5, 0.6) is 5.75 Å². The van der Waals surface area contributed by atoms with Crippen molar-refractivity contribution in [2.45, 2.75) is 13.3 Å². The molecule has 4 aromatic rings. The van der Waals surface area contributed by atoms with Crippen LogP contribution in [0.2, 0.25) is 0 Å². The molecule has 6 nitrogen and oxygen atoms in total. The van der Waals surface area contributed by atoms with Crippen molar-refractivity contribution in [2.24, 2.45) is 0 Å². The average Bonchev–Trinajstić information content (AvgIpc) is 3.41. The van der Waals surface area contributed by atoms with Crippen molar-refractivity contribution in [3.8, 4) is 22.7 Å². The van der Waals surface area contributed by atoms with Crippen molar-refractivity contribution in [3.63, 3.8) is 0 Å². The van der Waals surface area contributed by atoms with Crippen molar-refractivity contribution in [1.29, 1.82) is 0 Å². The zero-order chi connectivity index (χ0) is 20.9. The maximum Gasteiger partial charge on any atom is 0.271 e. The third kappa shape index (κ3) is 4.41. The summed E-state index contributed by atoms with van der Waals surface area (Å²) >= 11 is 1.61. The highest BCUT2D eigenvalue weighted by atomic mass is 32.1. The van der Waals surface area contributed by atoms with Gasteiger partial charge in [0.15, 0.2) is 5.69 Å². The Morgan fingerprint density at radius 3 is 2.57 bits per heavy atom. The van der Waals surface area contributed by atoms with E-state index in [1.807, 2.05) is 73.0 Å². The van der Waals surface area contributed by atoms with Gasteiger partial charge in [0.1, 0.15) is 5.75 Å². The summed E-state index contributed by atoms with van der Waals surface area (Å²) in [6, 6.07) is 19.3. The highest BCUT2D eigenvalue weighted by Gasteiger charge is 2.17. The second-order valence-electron chi connectivity index (χ2n) is 6.75. The molecule has 2 aromatic carbocycles. The number of rotatable bonds is 7. The van der Waals surface area contributed by atoms with Gasteiger partial charge in [-0.2, -0.15) is 5.10 Å². The smallest absolute Gasteiger partial charge is 0.271 e. The van der Waals surface area contributed by atoms with Gasteiger partial charge in [0.25, 0.3) is 5.91 Å². The van der Waals surface area contributed by atoms with Gasteiger partial charge < -0.3 is 10.1 Å². The van der Waals surface area contributed by atoms with Crippen LogP contribution in [0.1, 0.15) is 21.2 Å². The number of aryl methyl sites for hydroxylation is 1. The van der Waals surface area contributed by atoms with Gasteiger partial charge in [0.2, 0.25) is 0 Å². The number of amides is 1. The van der Waals surface area contributed by atoms with Crippen LogP contribution in [0.15, 0.2) is 66.0 Å². The first-order valence-electron chi connectivity index (χ1n) is 9.63. The highest BCUT2D eigenvalue weighted by Crippen LogP contribution is 2.26. The van der Waals surface area contributed by atoms with E-state index in [4.69, 9.17) is 4.74 Å².